The lowest BCUT2D eigenvalue weighted by molar-refractivity contribution is -0.126. The van der Waals surface area contributed by atoms with Gasteiger partial charge >= 0.3 is 0 Å². The van der Waals surface area contributed by atoms with Crippen LogP contribution < -0.4 is 0 Å². The Balaban J connectivity index is 1.60. The number of likely N-dealkylation sites (N-methyl/N-ethyl adjacent to an activating group) is 2. The summed E-state index contributed by atoms with van der Waals surface area (Å²) < 4.78 is 25.0. The second-order valence-electron chi connectivity index (χ2n) is 12.1. The van der Waals surface area contributed by atoms with Gasteiger partial charge in [-0.25, -0.2) is 0 Å². The van der Waals surface area contributed by atoms with Crippen LogP contribution in [0.5, 0.6) is 0 Å². The van der Waals surface area contributed by atoms with Crippen molar-refractivity contribution in [3.05, 3.63) is 0 Å². The van der Waals surface area contributed by atoms with Crippen LogP contribution in [0.2, 0.25) is 0 Å². The third-order valence-electron chi connectivity index (χ3n) is 7.39. The fourth-order valence-electron chi connectivity index (χ4n) is 5.02. The summed E-state index contributed by atoms with van der Waals surface area (Å²) in [5.74, 6) is 2.50. The molecule has 39 heavy (non-hydrogen) atoms. The summed E-state index contributed by atoms with van der Waals surface area (Å²) in [4.78, 5) is 31.9. The topological polar surface area (TPSA) is 81.2 Å². The van der Waals surface area contributed by atoms with E-state index in [4.69, 9.17) is 24.4 Å². The summed E-state index contributed by atoms with van der Waals surface area (Å²) in [6.07, 6.45) is 4.07. The number of amides is 2. The molecule has 2 rings (SSSR count). The van der Waals surface area contributed by atoms with Gasteiger partial charge in [-0.15, -0.1) is 0 Å². The Hall–Kier alpha value is -0.980. The van der Waals surface area contributed by atoms with Gasteiger partial charge in [0, 0.05) is 70.8 Å². The first-order chi connectivity index (χ1) is 18.2. The second kappa shape index (κ2) is 15.3. The molecule has 0 radical (unpaired) electrons. The standard InChI is InChI=1S/C27H48N4O4S4/c1-7-28-18-22(32)30(24(28)36)20-26(3,4)12-9-14-38(34)16-11-17-39(35)15-10-13-27(5,6)21-31-23(33)19-29(8-2)25(31)37/h7-21H2,1-6H3. The number of nitrogens with zero attached hydrogens (tertiary/aromatic N) is 4. The molecule has 2 aliphatic heterocycles. The van der Waals surface area contributed by atoms with E-state index in [0.717, 1.165) is 38.8 Å². The maximum absolute atomic E-state index is 12.5. The molecule has 12 heteroatoms. The van der Waals surface area contributed by atoms with E-state index in [-0.39, 0.29) is 22.6 Å². The molecule has 2 heterocycles. The van der Waals surface area contributed by atoms with Gasteiger partial charge in [0.05, 0.1) is 13.1 Å². The van der Waals surface area contributed by atoms with Crippen molar-refractivity contribution in [2.75, 3.05) is 62.3 Å². The van der Waals surface area contributed by atoms with Crippen LogP contribution in [0.4, 0.5) is 0 Å². The van der Waals surface area contributed by atoms with Crippen molar-refractivity contribution >= 4 is 68.1 Å². The summed E-state index contributed by atoms with van der Waals surface area (Å²) in [7, 11) is -1.86. The normalized spacial score (nSPS) is 18.6. The molecule has 0 bridgehead atoms. The number of hydrogen-bond acceptors (Lipinski definition) is 6. The summed E-state index contributed by atoms with van der Waals surface area (Å²) in [5, 5.41) is 1.23. The maximum atomic E-state index is 12.5. The highest BCUT2D eigenvalue weighted by atomic mass is 32.2. The van der Waals surface area contributed by atoms with Gasteiger partial charge in [0.15, 0.2) is 10.2 Å². The van der Waals surface area contributed by atoms with Crippen molar-refractivity contribution in [2.45, 2.75) is 73.6 Å². The SMILES string of the molecule is CCN1CC(=O)N(CC(C)(C)CCCS(=O)CCCS(=O)CCCC(C)(C)CN2C(=O)CN(CC)C2=S)C1=S. The minimum absolute atomic E-state index is 0.0594. The molecule has 2 amide bonds. The Morgan fingerprint density at radius 2 is 1.00 bits per heavy atom. The zero-order valence-corrected chi connectivity index (χ0v) is 27.9. The van der Waals surface area contributed by atoms with Crippen molar-refractivity contribution in [1.29, 1.82) is 0 Å². The molecule has 0 saturated carbocycles. The van der Waals surface area contributed by atoms with E-state index < -0.39 is 21.6 Å². The zero-order valence-electron chi connectivity index (χ0n) is 24.7. The lowest BCUT2D eigenvalue weighted by Gasteiger charge is -2.30. The highest BCUT2D eigenvalue weighted by molar-refractivity contribution is 7.85. The summed E-state index contributed by atoms with van der Waals surface area (Å²) in [6.45, 7) is 15.9. The van der Waals surface area contributed by atoms with Crippen LogP contribution in [0.1, 0.15) is 73.6 Å². The van der Waals surface area contributed by atoms with E-state index in [1.807, 2.05) is 23.6 Å². The molecular weight excluding hydrogens is 573 g/mol. The molecular formula is C27H48N4O4S4. The third kappa shape index (κ3) is 10.7. The molecule has 224 valence electrons. The van der Waals surface area contributed by atoms with E-state index >= 15 is 0 Å². The maximum Gasteiger partial charge on any atom is 0.248 e. The molecule has 2 atom stereocenters. The van der Waals surface area contributed by atoms with Gasteiger partial charge in [-0.2, -0.15) is 0 Å². The number of carbonyl (C=O) groups excluding carboxylic acids is 2. The monoisotopic (exact) mass is 620 g/mol. The van der Waals surface area contributed by atoms with Crippen LogP contribution in [0.15, 0.2) is 0 Å². The molecule has 0 aromatic rings. The molecule has 0 aliphatic carbocycles. The van der Waals surface area contributed by atoms with Gasteiger partial charge in [-0.05, 0) is 81.2 Å². The molecule has 2 saturated heterocycles. The fraction of sp³-hybridized carbons (Fsp3) is 0.852. The molecule has 0 spiro atoms. The zero-order chi connectivity index (χ0) is 29.4. The minimum Gasteiger partial charge on any atom is -0.340 e. The van der Waals surface area contributed by atoms with Crippen molar-refractivity contribution in [1.82, 2.24) is 19.6 Å². The first-order valence-electron chi connectivity index (χ1n) is 14.1. The molecule has 2 fully saturated rings. The predicted molar refractivity (Wildman–Crippen MR) is 170 cm³/mol. The molecule has 0 N–H and O–H groups in total. The number of carbonyl (C=O) groups is 2. The van der Waals surface area contributed by atoms with Crippen molar-refractivity contribution < 1.29 is 18.0 Å². The van der Waals surface area contributed by atoms with E-state index in [0.29, 0.717) is 65.8 Å². The molecule has 0 aromatic carbocycles. The van der Waals surface area contributed by atoms with Crippen LogP contribution in [-0.2, 0) is 31.2 Å². The molecule has 2 unspecified atom stereocenters. The Bertz CT molecular complexity index is 882. The largest absolute Gasteiger partial charge is 0.340 e. The smallest absolute Gasteiger partial charge is 0.248 e. The quantitative estimate of drug-likeness (QED) is 0.216. The van der Waals surface area contributed by atoms with Crippen LogP contribution in [-0.4, -0.2) is 112 Å². The Kier molecular flexibility index (Phi) is 13.4. The number of rotatable bonds is 18. The molecule has 8 nitrogen and oxygen atoms in total. The lowest BCUT2D eigenvalue weighted by Crippen LogP contribution is -2.39. The van der Waals surface area contributed by atoms with Gasteiger partial charge < -0.3 is 9.80 Å². The number of hydrogen-bond donors (Lipinski definition) is 0. The average Bonchev–Trinajstić information content (AvgIpc) is 3.27. The van der Waals surface area contributed by atoms with Gasteiger partial charge in [0.25, 0.3) is 0 Å². The Morgan fingerprint density at radius 3 is 1.31 bits per heavy atom. The van der Waals surface area contributed by atoms with Gasteiger partial charge in [-0.3, -0.25) is 27.8 Å². The van der Waals surface area contributed by atoms with Crippen LogP contribution in [0, 0.1) is 10.8 Å². The van der Waals surface area contributed by atoms with Crippen LogP contribution >= 0.6 is 24.4 Å². The third-order valence-corrected chi connectivity index (χ3v) is 11.3. The van der Waals surface area contributed by atoms with E-state index in [1.54, 1.807) is 9.80 Å². The second-order valence-corrected chi connectivity index (χ2v) is 16.3. The number of thiocarbonyl (C=S) groups is 2. The highest BCUT2D eigenvalue weighted by Crippen LogP contribution is 2.28. The van der Waals surface area contributed by atoms with Crippen molar-refractivity contribution in [2.24, 2.45) is 10.8 Å². The fourth-order valence-corrected chi connectivity index (χ4v) is 8.19. The minimum atomic E-state index is -0.932. The predicted octanol–water partition coefficient (Wildman–Crippen LogP) is 3.38. The summed E-state index contributed by atoms with van der Waals surface area (Å²) >= 11 is 10.9. The average molecular weight is 621 g/mol. The van der Waals surface area contributed by atoms with Crippen LogP contribution in [0.3, 0.4) is 0 Å². The highest BCUT2D eigenvalue weighted by Gasteiger charge is 2.36. The lowest BCUT2D eigenvalue weighted by atomic mass is 9.87. The van der Waals surface area contributed by atoms with Crippen molar-refractivity contribution in [3.8, 4) is 0 Å². The van der Waals surface area contributed by atoms with Gasteiger partial charge in [0.1, 0.15) is 0 Å². The molecule has 2 aliphatic rings. The van der Waals surface area contributed by atoms with Crippen LogP contribution in [0.25, 0.3) is 0 Å². The Labute approximate surface area is 251 Å². The molecule has 0 aromatic heterocycles. The van der Waals surface area contributed by atoms with Crippen molar-refractivity contribution in [3.63, 3.8) is 0 Å². The van der Waals surface area contributed by atoms with E-state index in [9.17, 15) is 18.0 Å². The summed E-state index contributed by atoms with van der Waals surface area (Å²) in [5.41, 5.74) is -0.212. The van der Waals surface area contributed by atoms with E-state index in [2.05, 4.69) is 27.7 Å². The van der Waals surface area contributed by atoms with Gasteiger partial charge in [0.2, 0.25) is 11.8 Å². The first kappa shape index (κ1) is 34.2. The Morgan fingerprint density at radius 1 is 0.667 bits per heavy atom. The summed E-state index contributed by atoms with van der Waals surface area (Å²) in [6, 6.07) is 0. The van der Waals surface area contributed by atoms with E-state index in [1.165, 1.54) is 0 Å². The first-order valence-corrected chi connectivity index (χ1v) is 17.9. The van der Waals surface area contributed by atoms with Gasteiger partial charge in [-0.1, -0.05) is 27.7 Å².